The third-order valence-corrected chi connectivity index (χ3v) is 6.21. The first-order chi connectivity index (χ1) is 11.7. The molecule has 1 fully saturated rings. The highest BCUT2D eigenvalue weighted by Crippen LogP contribution is 2.43. The fourth-order valence-corrected chi connectivity index (χ4v) is 4.33. The largest absolute Gasteiger partial charge is 0.408 e. The summed E-state index contributed by atoms with van der Waals surface area (Å²) in [6.45, 7) is 3.52. The zero-order valence-corrected chi connectivity index (χ0v) is 14.9. The van der Waals surface area contributed by atoms with Crippen LogP contribution in [-0.2, 0) is 10.0 Å². The third-order valence-electron chi connectivity index (χ3n) is 4.58. The van der Waals surface area contributed by atoms with Crippen molar-refractivity contribution in [2.75, 3.05) is 16.8 Å². The first kappa shape index (κ1) is 16.3. The van der Waals surface area contributed by atoms with E-state index in [1.807, 2.05) is 6.92 Å². The normalized spacial score (nSPS) is 21.5. The van der Waals surface area contributed by atoms with Crippen molar-refractivity contribution in [2.24, 2.45) is 0 Å². The second kappa shape index (κ2) is 5.16. The van der Waals surface area contributed by atoms with Crippen LogP contribution in [0.4, 0.5) is 17.4 Å². The molecule has 1 aliphatic heterocycles. The van der Waals surface area contributed by atoms with Crippen LogP contribution in [0.25, 0.3) is 0 Å². The molecule has 25 heavy (non-hydrogen) atoms. The molecule has 1 saturated carbocycles. The van der Waals surface area contributed by atoms with Crippen molar-refractivity contribution >= 4 is 27.4 Å². The van der Waals surface area contributed by atoms with Gasteiger partial charge in [-0.2, -0.15) is 0 Å². The molecule has 0 spiro atoms. The molecular weight excluding hydrogens is 346 g/mol. The van der Waals surface area contributed by atoms with Crippen molar-refractivity contribution in [3.05, 3.63) is 24.1 Å². The van der Waals surface area contributed by atoms with Crippen molar-refractivity contribution in [1.82, 2.24) is 14.9 Å². The molecule has 0 amide bonds. The number of sulfonamides is 1. The minimum Gasteiger partial charge on any atom is -0.408 e. The fraction of sp³-hybridized carbons (Fsp3) is 0.467. The van der Waals surface area contributed by atoms with Gasteiger partial charge in [0, 0.05) is 19.5 Å². The maximum absolute atomic E-state index is 12.6. The second-order valence-corrected chi connectivity index (χ2v) is 8.43. The molecule has 1 atom stereocenters. The number of anilines is 3. The number of rotatable bonds is 4. The number of hydrogen-bond acceptors (Lipinski definition) is 8. The molecule has 1 aromatic heterocycles. The van der Waals surface area contributed by atoms with Gasteiger partial charge in [0.1, 0.15) is 0 Å². The van der Waals surface area contributed by atoms with E-state index < -0.39 is 16.4 Å². The highest BCUT2D eigenvalue weighted by molar-refractivity contribution is 7.89. The molecule has 0 saturated heterocycles. The maximum Gasteiger partial charge on any atom is 0.326 e. The van der Waals surface area contributed by atoms with Crippen LogP contribution >= 0.6 is 0 Å². The molecule has 2 aromatic rings. The van der Waals surface area contributed by atoms with Gasteiger partial charge in [0.15, 0.2) is 0 Å². The Labute approximate surface area is 145 Å². The first-order valence-corrected chi connectivity index (χ1v) is 9.37. The number of aromatic nitrogens is 2. The lowest BCUT2D eigenvalue weighted by molar-refractivity contribution is 0.183. The topological polar surface area (TPSA) is 112 Å². The van der Waals surface area contributed by atoms with E-state index >= 15 is 0 Å². The Morgan fingerprint density at radius 2 is 2.04 bits per heavy atom. The molecule has 0 radical (unpaired) electrons. The van der Waals surface area contributed by atoms with Gasteiger partial charge in [0.2, 0.25) is 22.3 Å². The van der Waals surface area contributed by atoms with Crippen LogP contribution in [0.5, 0.6) is 0 Å². The predicted octanol–water partition coefficient (Wildman–Crippen LogP) is 1.07. The number of aliphatic hydroxyl groups is 1. The lowest BCUT2D eigenvalue weighted by atomic mass is 10.2. The molecular formula is C15H19N5O4S. The molecule has 134 valence electrons. The van der Waals surface area contributed by atoms with Gasteiger partial charge in [-0.25, -0.2) is 18.0 Å². The van der Waals surface area contributed by atoms with Crippen LogP contribution in [0.2, 0.25) is 0 Å². The van der Waals surface area contributed by atoms with Gasteiger partial charge in [0.05, 0.1) is 16.3 Å². The maximum atomic E-state index is 12.6. The van der Waals surface area contributed by atoms with E-state index in [1.165, 1.54) is 17.0 Å². The number of nitrogens with one attached hydrogen (secondary N) is 1. The van der Waals surface area contributed by atoms with Crippen LogP contribution in [0.1, 0.15) is 25.7 Å². The molecule has 9 nitrogen and oxygen atoms in total. The summed E-state index contributed by atoms with van der Waals surface area (Å²) in [6, 6.07) is 4.80. The van der Waals surface area contributed by atoms with Gasteiger partial charge in [0.25, 0.3) is 0 Å². The van der Waals surface area contributed by atoms with Gasteiger partial charge < -0.3 is 14.4 Å². The lowest BCUT2D eigenvalue weighted by Gasteiger charge is -2.22. The Morgan fingerprint density at radius 3 is 2.64 bits per heavy atom. The Hall–Kier alpha value is -2.17. The van der Waals surface area contributed by atoms with Crippen molar-refractivity contribution in [2.45, 2.75) is 43.5 Å². The average Bonchev–Trinajstić information content (AvgIpc) is 3.00. The number of benzene rings is 1. The van der Waals surface area contributed by atoms with Crippen LogP contribution in [0.15, 0.2) is 27.5 Å². The van der Waals surface area contributed by atoms with Gasteiger partial charge in [-0.3, -0.25) is 0 Å². The Morgan fingerprint density at radius 1 is 1.32 bits per heavy atom. The van der Waals surface area contributed by atoms with E-state index in [2.05, 4.69) is 14.9 Å². The standard InChI is InChI=1S/C15H19N5O4S/c1-9-16-17-13(24-9)20-12-8-10(4-5-11(12)19(3)14(20)21)25(22,23)18-15(2)6-7-15/h4-5,8,14,18,21H,6-7H2,1-3H3. The number of aliphatic hydroxyl groups excluding tert-OH is 1. The van der Waals surface area contributed by atoms with Gasteiger partial charge in [-0.05, 0) is 38.0 Å². The van der Waals surface area contributed by atoms with E-state index in [-0.39, 0.29) is 16.4 Å². The van der Waals surface area contributed by atoms with Crippen molar-refractivity contribution in [1.29, 1.82) is 0 Å². The minimum atomic E-state index is -3.66. The molecule has 4 rings (SSSR count). The number of fused-ring (bicyclic) bond motifs is 1. The highest BCUT2D eigenvalue weighted by atomic mass is 32.2. The van der Waals surface area contributed by atoms with Gasteiger partial charge in [-0.15, -0.1) is 5.10 Å². The second-order valence-electron chi connectivity index (χ2n) is 6.75. The Balaban J connectivity index is 1.77. The number of hydrogen-bond donors (Lipinski definition) is 2. The van der Waals surface area contributed by atoms with Crippen molar-refractivity contribution < 1.29 is 17.9 Å². The molecule has 10 heteroatoms. The van der Waals surface area contributed by atoms with E-state index in [4.69, 9.17) is 4.42 Å². The fourth-order valence-electron chi connectivity index (χ4n) is 2.84. The van der Waals surface area contributed by atoms with E-state index in [1.54, 1.807) is 24.9 Å². The third kappa shape index (κ3) is 2.66. The SMILES string of the molecule is Cc1nnc(N2c3cc(S(=O)(=O)NC4(C)CC4)ccc3N(C)C2O)o1. The Bertz CT molecular complexity index is 937. The van der Waals surface area contributed by atoms with Gasteiger partial charge in [-0.1, -0.05) is 5.10 Å². The summed E-state index contributed by atoms with van der Waals surface area (Å²) in [5.74, 6) is 0.352. The summed E-state index contributed by atoms with van der Waals surface area (Å²) < 4.78 is 33.4. The van der Waals surface area contributed by atoms with Crippen LogP contribution in [-0.4, -0.2) is 42.7 Å². The summed E-state index contributed by atoms with van der Waals surface area (Å²) in [5.41, 5.74) is 0.791. The molecule has 1 unspecified atom stereocenters. The highest BCUT2D eigenvalue weighted by Gasteiger charge is 2.42. The molecule has 2 aliphatic rings. The lowest BCUT2D eigenvalue weighted by Crippen LogP contribution is -2.38. The average molecular weight is 365 g/mol. The summed E-state index contributed by atoms with van der Waals surface area (Å²) >= 11 is 0. The van der Waals surface area contributed by atoms with E-state index in [0.717, 1.165) is 12.8 Å². The summed E-state index contributed by atoms with van der Waals surface area (Å²) in [6.07, 6.45) is 0.583. The first-order valence-electron chi connectivity index (χ1n) is 7.88. The molecule has 1 aliphatic carbocycles. The van der Waals surface area contributed by atoms with Gasteiger partial charge >= 0.3 is 6.01 Å². The van der Waals surface area contributed by atoms with Crippen LogP contribution in [0, 0.1) is 6.92 Å². The van der Waals surface area contributed by atoms with Crippen LogP contribution < -0.4 is 14.5 Å². The molecule has 2 N–H and O–H groups in total. The van der Waals surface area contributed by atoms with E-state index in [9.17, 15) is 13.5 Å². The van der Waals surface area contributed by atoms with Crippen molar-refractivity contribution in [3.8, 4) is 0 Å². The quantitative estimate of drug-likeness (QED) is 0.828. The zero-order chi connectivity index (χ0) is 18.0. The van der Waals surface area contributed by atoms with Crippen molar-refractivity contribution in [3.63, 3.8) is 0 Å². The summed E-state index contributed by atoms with van der Waals surface area (Å²) in [5, 5.41) is 18.2. The van der Waals surface area contributed by atoms with Crippen LogP contribution in [0.3, 0.4) is 0 Å². The monoisotopic (exact) mass is 365 g/mol. The smallest absolute Gasteiger partial charge is 0.326 e. The zero-order valence-electron chi connectivity index (χ0n) is 14.1. The Kier molecular flexibility index (Phi) is 3.37. The predicted molar refractivity (Wildman–Crippen MR) is 90.0 cm³/mol. The number of aryl methyl sites for hydroxylation is 1. The summed E-state index contributed by atoms with van der Waals surface area (Å²) in [4.78, 5) is 3.14. The molecule has 0 bridgehead atoms. The summed E-state index contributed by atoms with van der Waals surface area (Å²) in [7, 11) is -1.96. The minimum absolute atomic E-state index is 0.104. The molecule has 1 aromatic carbocycles. The van der Waals surface area contributed by atoms with E-state index in [0.29, 0.717) is 17.3 Å². The number of nitrogens with zero attached hydrogens (tertiary/aromatic N) is 4. The molecule has 2 heterocycles.